The lowest BCUT2D eigenvalue weighted by atomic mass is 10.2. The second kappa shape index (κ2) is 11.7. The van der Waals surface area contributed by atoms with Gasteiger partial charge in [-0.3, -0.25) is 0 Å². The van der Waals surface area contributed by atoms with Crippen molar-refractivity contribution in [3.05, 3.63) is 44.7 Å². The number of aliphatic hydroxyl groups is 3. The van der Waals surface area contributed by atoms with E-state index in [9.17, 15) is 20.6 Å². The Kier molecular flexibility index (Phi) is 9.60. The third kappa shape index (κ3) is 6.97. The Morgan fingerprint density at radius 1 is 1.50 bits per heavy atom. The van der Waals surface area contributed by atoms with E-state index < -0.39 is 30.5 Å². The molecule has 0 saturated heterocycles. The third-order valence-electron chi connectivity index (χ3n) is 3.59. The average Bonchev–Trinajstić information content (AvgIpc) is 3.15. The summed E-state index contributed by atoms with van der Waals surface area (Å²) in [6.45, 7) is 0.949. The standard InChI is InChI=1S/C17H19Cl2N5O4S2/c1-8(26)12(6-25)28-17(30-13-2-9(18)4-22-11(13)3-20)15(27)23-5-10(21)16-24-14(19)7-29-16/h2,4-5,7-8,12,15,17,23,25-27H,6,21H2,1H3/b10-5-. The number of thioether (sulfide) groups is 1. The number of pyridine rings is 1. The van der Waals surface area contributed by atoms with Crippen LogP contribution in [0.4, 0.5) is 0 Å². The van der Waals surface area contributed by atoms with E-state index in [1.807, 2.05) is 6.07 Å². The van der Waals surface area contributed by atoms with Gasteiger partial charge in [0.2, 0.25) is 0 Å². The second-order valence-electron chi connectivity index (χ2n) is 5.88. The van der Waals surface area contributed by atoms with Gasteiger partial charge in [0.1, 0.15) is 22.3 Å². The lowest BCUT2D eigenvalue weighted by molar-refractivity contribution is -0.0978. The van der Waals surface area contributed by atoms with Gasteiger partial charge in [0, 0.05) is 22.7 Å². The molecule has 0 fully saturated rings. The van der Waals surface area contributed by atoms with E-state index >= 15 is 0 Å². The number of ether oxygens (including phenoxy) is 1. The van der Waals surface area contributed by atoms with E-state index in [0.717, 1.165) is 11.8 Å². The van der Waals surface area contributed by atoms with Gasteiger partial charge in [0.05, 0.1) is 23.4 Å². The van der Waals surface area contributed by atoms with Gasteiger partial charge in [-0.05, 0) is 13.0 Å². The molecule has 6 N–H and O–H groups in total. The smallest absolute Gasteiger partial charge is 0.160 e. The van der Waals surface area contributed by atoms with Gasteiger partial charge >= 0.3 is 0 Å². The van der Waals surface area contributed by atoms with Crippen LogP contribution in [0, 0.1) is 11.3 Å². The highest BCUT2D eigenvalue weighted by Crippen LogP contribution is 2.31. The summed E-state index contributed by atoms with van der Waals surface area (Å²) in [5.41, 5.74) is 5.16. The van der Waals surface area contributed by atoms with E-state index in [2.05, 4.69) is 15.3 Å². The maximum atomic E-state index is 10.6. The summed E-state index contributed by atoms with van der Waals surface area (Å²) in [7, 11) is 0. The zero-order valence-electron chi connectivity index (χ0n) is 15.6. The fourth-order valence-corrected chi connectivity index (χ4v) is 4.23. The topological polar surface area (TPSA) is 158 Å². The van der Waals surface area contributed by atoms with Crippen LogP contribution >= 0.6 is 46.3 Å². The van der Waals surface area contributed by atoms with Crippen molar-refractivity contribution in [2.24, 2.45) is 5.73 Å². The van der Waals surface area contributed by atoms with Crippen molar-refractivity contribution in [1.82, 2.24) is 15.3 Å². The van der Waals surface area contributed by atoms with Crippen LogP contribution in [-0.2, 0) is 4.74 Å². The van der Waals surface area contributed by atoms with Gasteiger partial charge < -0.3 is 31.1 Å². The molecule has 0 saturated carbocycles. The highest BCUT2D eigenvalue weighted by atomic mass is 35.5. The number of nitriles is 1. The third-order valence-corrected chi connectivity index (χ3v) is 6.17. The summed E-state index contributed by atoms with van der Waals surface area (Å²) in [4.78, 5) is 8.31. The van der Waals surface area contributed by atoms with Crippen LogP contribution in [-0.4, -0.2) is 55.8 Å². The van der Waals surface area contributed by atoms with E-state index in [4.69, 9.17) is 33.7 Å². The van der Waals surface area contributed by atoms with Crippen molar-refractivity contribution in [2.45, 2.75) is 35.7 Å². The van der Waals surface area contributed by atoms with Crippen LogP contribution in [0.15, 0.2) is 28.7 Å². The average molecular weight is 492 g/mol. The van der Waals surface area contributed by atoms with Crippen LogP contribution in [0.5, 0.6) is 0 Å². The molecule has 2 heterocycles. The largest absolute Gasteiger partial charge is 0.395 e. The Labute approximate surface area is 191 Å². The molecule has 162 valence electrons. The summed E-state index contributed by atoms with van der Waals surface area (Å²) < 4.78 is 5.67. The van der Waals surface area contributed by atoms with E-state index in [0.29, 0.717) is 15.1 Å². The summed E-state index contributed by atoms with van der Waals surface area (Å²) in [6, 6.07) is 3.43. The Hall–Kier alpha value is -1.62. The zero-order valence-corrected chi connectivity index (χ0v) is 18.7. The summed E-state index contributed by atoms with van der Waals surface area (Å²) in [6.07, 6.45) is -0.715. The molecule has 0 radical (unpaired) electrons. The summed E-state index contributed by atoms with van der Waals surface area (Å²) >= 11 is 13.9. The van der Waals surface area contributed by atoms with Gasteiger partial charge in [-0.25, -0.2) is 9.97 Å². The van der Waals surface area contributed by atoms with Crippen molar-refractivity contribution in [1.29, 1.82) is 5.26 Å². The maximum absolute atomic E-state index is 10.6. The monoisotopic (exact) mass is 491 g/mol. The van der Waals surface area contributed by atoms with E-state index in [1.165, 1.54) is 36.7 Å². The molecule has 2 rings (SSSR count). The Morgan fingerprint density at radius 2 is 2.23 bits per heavy atom. The van der Waals surface area contributed by atoms with E-state index in [-0.39, 0.29) is 16.4 Å². The molecule has 0 aromatic carbocycles. The van der Waals surface area contributed by atoms with Crippen molar-refractivity contribution in [2.75, 3.05) is 6.61 Å². The normalized spacial score (nSPS) is 15.8. The number of aromatic nitrogens is 2. The lowest BCUT2D eigenvalue weighted by Crippen LogP contribution is -2.42. The molecular weight excluding hydrogens is 473 g/mol. The van der Waals surface area contributed by atoms with Crippen molar-refractivity contribution < 1.29 is 20.1 Å². The van der Waals surface area contributed by atoms with Crippen LogP contribution in [0.3, 0.4) is 0 Å². The molecule has 2 aromatic rings. The minimum Gasteiger partial charge on any atom is -0.395 e. The van der Waals surface area contributed by atoms with Gasteiger partial charge in [-0.15, -0.1) is 11.3 Å². The molecule has 4 unspecified atom stereocenters. The number of nitrogens with one attached hydrogen (secondary N) is 1. The van der Waals surface area contributed by atoms with Gasteiger partial charge in [0.25, 0.3) is 0 Å². The van der Waals surface area contributed by atoms with Gasteiger partial charge in [0.15, 0.2) is 17.4 Å². The minimum absolute atomic E-state index is 0.0790. The number of halogens is 2. The number of thiazole rings is 1. The van der Waals surface area contributed by atoms with Crippen molar-refractivity contribution >= 4 is 52.0 Å². The number of nitrogens with zero attached hydrogens (tertiary/aromatic N) is 3. The number of nitrogens with two attached hydrogens (primary N) is 1. The molecule has 0 aliphatic rings. The highest BCUT2D eigenvalue weighted by Gasteiger charge is 2.28. The van der Waals surface area contributed by atoms with Crippen LogP contribution in [0.25, 0.3) is 5.70 Å². The summed E-state index contributed by atoms with van der Waals surface area (Å²) in [5.74, 6) is 0. The first-order valence-corrected chi connectivity index (χ1v) is 10.9. The molecule has 13 heteroatoms. The molecular formula is C17H19Cl2N5O4S2. The Bertz CT molecular complexity index is 922. The number of hydrogen-bond donors (Lipinski definition) is 5. The highest BCUT2D eigenvalue weighted by molar-refractivity contribution is 7.99. The molecule has 0 amide bonds. The molecule has 0 aliphatic heterocycles. The molecule has 2 aromatic heterocycles. The predicted octanol–water partition coefficient (Wildman–Crippen LogP) is 1.76. The minimum atomic E-state index is -1.36. The molecule has 4 atom stereocenters. The van der Waals surface area contributed by atoms with Crippen molar-refractivity contribution in [3.63, 3.8) is 0 Å². The lowest BCUT2D eigenvalue weighted by Gasteiger charge is -2.28. The number of rotatable bonds is 10. The molecule has 0 bridgehead atoms. The Morgan fingerprint density at radius 3 is 2.80 bits per heavy atom. The first-order chi connectivity index (χ1) is 14.2. The second-order valence-corrected chi connectivity index (χ2v) is 8.70. The fourth-order valence-electron chi connectivity index (χ4n) is 2.07. The molecule has 30 heavy (non-hydrogen) atoms. The number of hydrogen-bond acceptors (Lipinski definition) is 11. The maximum Gasteiger partial charge on any atom is 0.160 e. The molecule has 9 nitrogen and oxygen atoms in total. The van der Waals surface area contributed by atoms with Gasteiger partial charge in [-0.1, -0.05) is 35.0 Å². The van der Waals surface area contributed by atoms with Gasteiger partial charge in [-0.2, -0.15) is 5.26 Å². The molecule has 0 aliphatic carbocycles. The van der Waals surface area contributed by atoms with E-state index in [1.54, 1.807) is 5.38 Å². The van der Waals surface area contributed by atoms with Crippen LogP contribution in [0.1, 0.15) is 17.6 Å². The first-order valence-electron chi connectivity index (χ1n) is 8.43. The quantitative estimate of drug-likeness (QED) is 0.244. The predicted molar refractivity (Wildman–Crippen MR) is 116 cm³/mol. The SMILES string of the molecule is CC(O)C(CO)OC(Sc1cc(Cl)cnc1C#N)C(O)N/C=C(\N)c1nc(Cl)cs1. The van der Waals surface area contributed by atoms with Crippen LogP contribution < -0.4 is 11.1 Å². The Balaban J connectivity index is 2.24. The molecule has 0 spiro atoms. The van der Waals surface area contributed by atoms with Crippen molar-refractivity contribution in [3.8, 4) is 6.07 Å². The first kappa shape index (κ1) is 24.6. The van der Waals surface area contributed by atoms with Crippen LogP contribution in [0.2, 0.25) is 10.2 Å². The fraction of sp³-hybridized carbons (Fsp3) is 0.353. The zero-order chi connectivity index (χ0) is 22.3. The summed E-state index contributed by atoms with van der Waals surface area (Å²) in [5, 5.41) is 44.5. The number of aliphatic hydroxyl groups excluding tert-OH is 3.